The molecule has 0 fully saturated rings. The zero-order chi connectivity index (χ0) is 19.1. The molecule has 0 aliphatic carbocycles. The molecule has 0 spiro atoms. The van der Waals surface area contributed by atoms with Gasteiger partial charge in [-0.2, -0.15) is 0 Å². The van der Waals surface area contributed by atoms with E-state index in [0.29, 0.717) is 45.2 Å². The van der Waals surface area contributed by atoms with Crippen LogP contribution in [0.5, 0.6) is 0 Å². The molecule has 1 amide bonds. The lowest BCUT2D eigenvalue weighted by atomic mass is 10.2. The minimum Gasteiger partial charge on any atom is -0.496 e. The van der Waals surface area contributed by atoms with E-state index in [9.17, 15) is 4.79 Å². The average Bonchev–Trinajstić information content (AvgIpc) is 2.57. The van der Waals surface area contributed by atoms with Crippen molar-refractivity contribution >= 4 is 5.91 Å². The molecule has 0 aromatic carbocycles. The first kappa shape index (κ1) is 23.6. The minimum absolute atomic E-state index is 0.0448. The number of carbonyl (C=O) groups excluding carboxylic acids is 1. The molecule has 0 rings (SSSR count). The van der Waals surface area contributed by atoms with Crippen LogP contribution in [0.15, 0.2) is 25.0 Å². The van der Waals surface area contributed by atoms with Crippen molar-refractivity contribution in [1.82, 2.24) is 5.32 Å². The van der Waals surface area contributed by atoms with Gasteiger partial charge in [0.15, 0.2) is 0 Å². The standard InChI is InChI=1S/C18H33NO6/c1-7-18(20)19-14(2)11-25-17(13-24-16(4)12-22-6)10-15(3)23-9-8-21-5/h7,14,16-17H,1,3,8-13H2,2,4-6H3,(H,19,20). The first-order chi connectivity index (χ1) is 11.9. The molecule has 0 saturated heterocycles. The molecule has 1 N–H and O–H groups in total. The zero-order valence-electron chi connectivity index (χ0n) is 15.9. The highest BCUT2D eigenvalue weighted by Crippen LogP contribution is 2.11. The summed E-state index contributed by atoms with van der Waals surface area (Å²) in [6, 6.07) is -0.146. The van der Waals surface area contributed by atoms with Crippen LogP contribution in [0.4, 0.5) is 0 Å². The number of rotatable bonds is 16. The summed E-state index contributed by atoms with van der Waals surface area (Å²) in [5.74, 6) is 0.373. The third-order valence-corrected chi connectivity index (χ3v) is 3.17. The Morgan fingerprint density at radius 1 is 1.08 bits per heavy atom. The third-order valence-electron chi connectivity index (χ3n) is 3.17. The molecule has 0 bridgehead atoms. The van der Waals surface area contributed by atoms with Gasteiger partial charge in [-0.15, -0.1) is 0 Å². The number of methoxy groups -OCH3 is 2. The molecular weight excluding hydrogens is 326 g/mol. The van der Waals surface area contributed by atoms with E-state index in [1.165, 1.54) is 6.08 Å². The van der Waals surface area contributed by atoms with E-state index in [1.54, 1.807) is 14.2 Å². The van der Waals surface area contributed by atoms with Crippen molar-refractivity contribution in [3.8, 4) is 0 Å². The number of amides is 1. The van der Waals surface area contributed by atoms with Gasteiger partial charge in [-0.05, 0) is 19.9 Å². The molecule has 0 aromatic rings. The van der Waals surface area contributed by atoms with E-state index in [4.69, 9.17) is 23.7 Å². The van der Waals surface area contributed by atoms with Crippen molar-refractivity contribution < 1.29 is 28.5 Å². The first-order valence-electron chi connectivity index (χ1n) is 8.37. The second-order valence-electron chi connectivity index (χ2n) is 5.75. The van der Waals surface area contributed by atoms with Crippen molar-refractivity contribution in [2.75, 3.05) is 47.3 Å². The van der Waals surface area contributed by atoms with Gasteiger partial charge in [0, 0.05) is 26.7 Å². The molecule has 3 atom stereocenters. The van der Waals surface area contributed by atoms with Crippen LogP contribution >= 0.6 is 0 Å². The minimum atomic E-state index is -0.238. The summed E-state index contributed by atoms with van der Waals surface area (Å²) in [5, 5.41) is 2.75. The van der Waals surface area contributed by atoms with Gasteiger partial charge < -0.3 is 29.0 Å². The van der Waals surface area contributed by atoms with Gasteiger partial charge in [0.2, 0.25) is 5.91 Å². The van der Waals surface area contributed by atoms with Gasteiger partial charge in [-0.25, -0.2) is 0 Å². The van der Waals surface area contributed by atoms with Crippen molar-refractivity contribution in [2.45, 2.75) is 38.5 Å². The Balaban J connectivity index is 4.42. The lowest BCUT2D eigenvalue weighted by Gasteiger charge is -2.23. The smallest absolute Gasteiger partial charge is 0.243 e. The Labute approximate surface area is 151 Å². The van der Waals surface area contributed by atoms with Crippen molar-refractivity contribution in [3.63, 3.8) is 0 Å². The summed E-state index contributed by atoms with van der Waals surface area (Å²) in [4.78, 5) is 11.3. The highest BCUT2D eigenvalue weighted by Gasteiger charge is 2.16. The summed E-state index contributed by atoms with van der Waals surface area (Å²) < 4.78 is 27.1. The predicted molar refractivity (Wildman–Crippen MR) is 96.4 cm³/mol. The van der Waals surface area contributed by atoms with Gasteiger partial charge in [-0.1, -0.05) is 13.2 Å². The maximum atomic E-state index is 11.3. The van der Waals surface area contributed by atoms with Crippen molar-refractivity contribution in [1.29, 1.82) is 0 Å². The fraction of sp³-hybridized carbons (Fsp3) is 0.722. The number of nitrogens with one attached hydrogen (secondary N) is 1. The Morgan fingerprint density at radius 2 is 1.80 bits per heavy atom. The summed E-state index contributed by atoms with van der Waals surface area (Å²) in [6.07, 6.45) is 1.44. The van der Waals surface area contributed by atoms with E-state index >= 15 is 0 Å². The summed E-state index contributed by atoms with van der Waals surface area (Å²) in [6.45, 7) is 13.3. The van der Waals surface area contributed by atoms with E-state index in [2.05, 4.69) is 18.5 Å². The monoisotopic (exact) mass is 359 g/mol. The lowest BCUT2D eigenvalue weighted by Crippen LogP contribution is -2.37. The van der Waals surface area contributed by atoms with Gasteiger partial charge in [0.1, 0.15) is 6.61 Å². The van der Waals surface area contributed by atoms with Crippen LogP contribution in [0.2, 0.25) is 0 Å². The van der Waals surface area contributed by atoms with Gasteiger partial charge in [0.05, 0.1) is 44.4 Å². The zero-order valence-corrected chi connectivity index (χ0v) is 15.9. The fourth-order valence-corrected chi connectivity index (χ4v) is 1.93. The van der Waals surface area contributed by atoms with Crippen LogP contribution < -0.4 is 5.32 Å². The number of carbonyl (C=O) groups is 1. The van der Waals surface area contributed by atoms with Crippen molar-refractivity contribution in [3.05, 3.63) is 25.0 Å². The molecule has 0 heterocycles. The Bertz CT molecular complexity index is 388. The first-order valence-corrected chi connectivity index (χ1v) is 8.37. The molecule has 7 heteroatoms. The molecule has 0 aliphatic rings. The second kappa shape index (κ2) is 14.9. The number of hydrogen-bond donors (Lipinski definition) is 1. The molecule has 3 unspecified atom stereocenters. The highest BCUT2D eigenvalue weighted by molar-refractivity contribution is 5.87. The molecule has 0 aromatic heterocycles. The van der Waals surface area contributed by atoms with Crippen LogP contribution in [0.1, 0.15) is 20.3 Å². The molecule has 25 heavy (non-hydrogen) atoms. The van der Waals surface area contributed by atoms with E-state index in [-0.39, 0.29) is 24.2 Å². The SMILES string of the molecule is C=CC(=O)NC(C)COC(COC(C)COC)CC(=C)OCCOC. The van der Waals surface area contributed by atoms with E-state index in [1.807, 2.05) is 13.8 Å². The highest BCUT2D eigenvalue weighted by atomic mass is 16.6. The van der Waals surface area contributed by atoms with Crippen LogP contribution in [-0.4, -0.2) is 71.4 Å². The topological polar surface area (TPSA) is 75.3 Å². The fourth-order valence-electron chi connectivity index (χ4n) is 1.93. The number of hydrogen-bond acceptors (Lipinski definition) is 6. The summed E-state index contributed by atoms with van der Waals surface area (Å²) >= 11 is 0. The van der Waals surface area contributed by atoms with Gasteiger partial charge in [-0.3, -0.25) is 4.79 Å². The summed E-state index contributed by atoms with van der Waals surface area (Å²) in [5.41, 5.74) is 0. The average molecular weight is 359 g/mol. The molecular formula is C18H33NO6. The quantitative estimate of drug-likeness (QED) is 0.257. The lowest BCUT2D eigenvalue weighted by molar-refractivity contribution is -0.118. The van der Waals surface area contributed by atoms with E-state index in [0.717, 1.165) is 0 Å². The summed E-state index contributed by atoms with van der Waals surface area (Å²) in [7, 11) is 3.24. The largest absolute Gasteiger partial charge is 0.496 e. The maximum Gasteiger partial charge on any atom is 0.243 e. The third kappa shape index (κ3) is 13.5. The molecule has 146 valence electrons. The van der Waals surface area contributed by atoms with Gasteiger partial charge in [0.25, 0.3) is 0 Å². The van der Waals surface area contributed by atoms with Crippen LogP contribution in [0.3, 0.4) is 0 Å². The Kier molecular flexibility index (Phi) is 14.1. The van der Waals surface area contributed by atoms with Crippen LogP contribution in [0.25, 0.3) is 0 Å². The molecule has 0 saturated carbocycles. The van der Waals surface area contributed by atoms with Crippen LogP contribution in [0, 0.1) is 0 Å². The van der Waals surface area contributed by atoms with Crippen molar-refractivity contribution in [2.24, 2.45) is 0 Å². The maximum absolute atomic E-state index is 11.3. The van der Waals surface area contributed by atoms with Gasteiger partial charge >= 0.3 is 0 Å². The Hall–Kier alpha value is -1.41. The molecule has 7 nitrogen and oxygen atoms in total. The predicted octanol–water partition coefficient (Wildman–Crippen LogP) is 1.68. The Morgan fingerprint density at radius 3 is 2.40 bits per heavy atom. The molecule has 0 aliphatic heterocycles. The van der Waals surface area contributed by atoms with E-state index < -0.39 is 0 Å². The molecule has 0 radical (unpaired) electrons. The normalized spacial score (nSPS) is 14.4. The number of ether oxygens (including phenoxy) is 5. The van der Waals surface area contributed by atoms with Crippen LogP contribution in [-0.2, 0) is 28.5 Å². The second-order valence-corrected chi connectivity index (χ2v) is 5.75.